The molecule has 0 amide bonds. The van der Waals surface area contributed by atoms with E-state index in [-0.39, 0.29) is 0 Å². The van der Waals surface area contributed by atoms with Gasteiger partial charge in [0.05, 0.1) is 10.9 Å². The minimum absolute atomic E-state index is 0.562. The molecule has 1 heterocycles. The lowest BCUT2D eigenvalue weighted by Gasteiger charge is -2.11. The number of hydrogen-bond donors (Lipinski definition) is 0. The fourth-order valence-corrected chi connectivity index (χ4v) is 1.73. The maximum Gasteiger partial charge on any atom is 0.416 e. The van der Waals surface area contributed by atoms with Crippen LogP contribution in [-0.4, -0.2) is 9.97 Å². The highest BCUT2D eigenvalue weighted by Crippen LogP contribution is 2.32. The van der Waals surface area contributed by atoms with Crippen LogP contribution in [0.1, 0.15) is 22.1 Å². The number of benzene rings is 1. The summed E-state index contributed by atoms with van der Waals surface area (Å²) in [7, 11) is 0. The lowest BCUT2D eigenvalue weighted by atomic mass is 10.1. The lowest BCUT2D eigenvalue weighted by molar-refractivity contribution is -0.137. The van der Waals surface area contributed by atoms with Crippen molar-refractivity contribution in [3.8, 4) is 0 Å². The molecule has 1 atom stereocenters. The molecule has 0 spiro atoms. The molecule has 0 aliphatic carbocycles. The zero-order chi connectivity index (χ0) is 13.2. The Bertz CT molecular complexity index is 511. The van der Waals surface area contributed by atoms with Gasteiger partial charge < -0.3 is 0 Å². The summed E-state index contributed by atoms with van der Waals surface area (Å²) >= 11 is 6.14. The lowest BCUT2D eigenvalue weighted by Crippen LogP contribution is -2.05. The molecule has 1 aromatic carbocycles. The van der Waals surface area contributed by atoms with Gasteiger partial charge >= 0.3 is 6.18 Å². The average molecular weight is 273 g/mol. The van der Waals surface area contributed by atoms with E-state index in [1.807, 2.05) is 0 Å². The summed E-state index contributed by atoms with van der Waals surface area (Å²) in [4.78, 5) is 7.63. The van der Waals surface area contributed by atoms with E-state index in [9.17, 15) is 13.2 Å². The van der Waals surface area contributed by atoms with Gasteiger partial charge in [-0.15, -0.1) is 11.6 Å². The molecule has 1 aromatic heterocycles. The van der Waals surface area contributed by atoms with E-state index in [2.05, 4.69) is 9.97 Å². The van der Waals surface area contributed by atoms with Gasteiger partial charge in [-0.3, -0.25) is 0 Å². The van der Waals surface area contributed by atoms with Crippen LogP contribution < -0.4 is 0 Å². The summed E-state index contributed by atoms with van der Waals surface area (Å²) in [5.41, 5.74) is 0.512. The summed E-state index contributed by atoms with van der Waals surface area (Å²) in [6, 6.07) is 4.73. The smallest absolute Gasteiger partial charge is 0.244 e. The van der Waals surface area contributed by atoms with E-state index < -0.39 is 17.1 Å². The Labute approximate surface area is 106 Å². The zero-order valence-electron chi connectivity index (χ0n) is 9.03. The first kappa shape index (κ1) is 12.8. The van der Waals surface area contributed by atoms with Crippen LogP contribution in [0.4, 0.5) is 13.2 Å². The third kappa shape index (κ3) is 2.79. The average Bonchev–Trinajstić information content (AvgIpc) is 2.38. The first-order valence-electron chi connectivity index (χ1n) is 5.04. The monoisotopic (exact) mass is 272 g/mol. The number of hydrogen-bond acceptors (Lipinski definition) is 2. The largest absolute Gasteiger partial charge is 0.416 e. The predicted octanol–water partition coefficient (Wildman–Crippen LogP) is 3.82. The van der Waals surface area contributed by atoms with E-state index in [1.54, 1.807) is 0 Å². The van der Waals surface area contributed by atoms with Crippen molar-refractivity contribution in [1.29, 1.82) is 0 Å². The molecule has 0 bridgehead atoms. The van der Waals surface area contributed by atoms with Gasteiger partial charge in [0.15, 0.2) is 0 Å². The van der Waals surface area contributed by atoms with Gasteiger partial charge in [-0.05, 0) is 17.7 Å². The Balaban J connectivity index is 2.25. The molecule has 6 heteroatoms. The standard InChI is InChI=1S/C12H8ClF3N2/c13-11(9-5-17-7-18-6-9)8-1-3-10(4-2-8)12(14,15)16/h1-7,11H. The van der Waals surface area contributed by atoms with E-state index in [0.29, 0.717) is 11.1 Å². The van der Waals surface area contributed by atoms with Crippen LogP contribution >= 0.6 is 11.6 Å². The van der Waals surface area contributed by atoms with Gasteiger partial charge in [-0.1, -0.05) is 12.1 Å². The van der Waals surface area contributed by atoms with Crippen LogP contribution in [-0.2, 0) is 6.18 Å². The number of rotatable bonds is 2. The molecule has 0 aliphatic rings. The van der Waals surface area contributed by atoms with Crippen molar-refractivity contribution in [3.63, 3.8) is 0 Å². The number of alkyl halides is 4. The van der Waals surface area contributed by atoms with Crippen LogP contribution in [0.5, 0.6) is 0 Å². The highest BCUT2D eigenvalue weighted by molar-refractivity contribution is 6.22. The van der Waals surface area contributed by atoms with Crippen molar-refractivity contribution in [2.24, 2.45) is 0 Å². The van der Waals surface area contributed by atoms with E-state index in [0.717, 1.165) is 12.1 Å². The minimum atomic E-state index is -4.34. The molecule has 2 aromatic rings. The third-order valence-electron chi connectivity index (χ3n) is 2.40. The second kappa shape index (κ2) is 4.94. The van der Waals surface area contributed by atoms with Gasteiger partial charge in [-0.25, -0.2) is 9.97 Å². The second-order valence-corrected chi connectivity index (χ2v) is 4.09. The van der Waals surface area contributed by atoms with Crippen molar-refractivity contribution in [2.75, 3.05) is 0 Å². The highest BCUT2D eigenvalue weighted by Gasteiger charge is 2.30. The van der Waals surface area contributed by atoms with Crippen molar-refractivity contribution in [3.05, 3.63) is 59.7 Å². The van der Waals surface area contributed by atoms with E-state index in [1.165, 1.54) is 30.9 Å². The third-order valence-corrected chi connectivity index (χ3v) is 2.91. The van der Waals surface area contributed by atoms with Gasteiger partial charge in [0.2, 0.25) is 0 Å². The second-order valence-electron chi connectivity index (χ2n) is 3.65. The molecule has 0 saturated carbocycles. The van der Waals surface area contributed by atoms with Crippen LogP contribution in [0.3, 0.4) is 0 Å². The molecule has 0 aliphatic heterocycles. The van der Waals surface area contributed by atoms with Crippen molar-refractivity contribution >= 4 is 11.6 Å². The minimum Gasteiger partial charge on any atom is -0.244 e. The molecular weight excluding hydrogens is 265 g/mol. The molecule has 0 saturated heterocycles. The summed E-state index contributed by atoms with van der Waals surface area (Å²) in [6.07, 6.45) is 0.0841. The van der Waals surface area contributed by atoms with Crippen molar-refractivity contribution in [1.82, 2.24) is 9.97 Å². The molecular formula is C12H8ClF3N2. The van der Waals surface area contributed by atoms with Crippen LogP contribution in [0.2, 0.25) is 0 Å². The van der Waals surface area contributed by atoms with Crippen LogP contribution in [0.25, 0.3) is 0 Å². The van der Waals surface area contributed by atoms with E-state index >= 15 is 0 Å². The maximum absolute atomic E-state index is 12.4. The van der Waals surface area contributed by atoms with E-state index in [4.69, 9.17) is 11.6 Å². The SMILES string of the molecule is FC(F)(F)c1ccc(C(Cl)c2cncnc2)cc1. The van der Waals surface area contributed by atoms with Gasteiger partial charge in [-0.2, -0.15) is 13.2 Å². The molecule has 0 N–H and O–H groups in total. The van der Waals surface area contributed by atoms with Gasteiger partial charge in [0.1, 0.15) is 6.33 Å². The topological polar surface area (TPSA) is 25.8 Å². The molecule has 1 unspecified atom stereocenters. The molecule has 2 nitrogen and oxygen atoms in total. The fraction of sp³-hybridized carbons (Fsp3) is 0.167. The quantitative estimate of drug-likeness (QED) is 0.777. The van der Waals surface area contributed by atoms with Crippen molar-refractivity contribution in [2.45, 2.75) is 11.6 Å². The zero-order valence-corrected chi connectivity index (χ0v) is 9.78. The summed E-state index contributed by atoms with van der Waals surface area (Å²) in [5.74, 6) is 0. The number of halogens is 4. The van der Waals surface area contributed by atoms with Crippen LogP contribution in [0, 0.1) is 0 Å². The number of aromatic nitrogens is 2. The van der Waals surface area contributed by atoms with Crippen LogP contribution in [0.15, 0.2) is 43.0 Å². The fourth-order valence-electron chi connectivity index (χ4n) is 1.48. The Morgan fingerprint density at radius 1 is 0.944 bits per heavy atom. The predicted molar refractivity (Wildman–Crippen MR) is 61.2 cm³/mol. The summed E-state index contributed by atoms with van der Waals surface area (Å²) < 4.78 is 37.2. The molecule has 0 fully saturated rings. The first-order chi connectivity index (χ1) is 8.48. The summed E-state index contributed by atoms with van der Waals surface area (Å²) in [6.45, 7) is 0. The number of nitrogens with zero attached hydrogens (tertiary/aromatic N) is 2. The molecule has 18 heavy (non-hydrogen) atoms. The first-order valence-corrected chi connectivity index (χ1v) is 5.48. The van der Waals surface area contributed by atoms with Gasteiger partial charge in [0.25, 0.3) is 0 Å². The summed E-state index contributed by atoms with van der Waals surface area (Å²) in [5, 5.41) is -0.562. The van der Waals surface area contributed by atoms with Crippen molar-refractivity contribution < 1.29 is 13.2 Å². The highest BCUT2D eigenvalue weighted by atomic mass is 35.5. The maximum atomic E-state index is 12.4. The normalized spacial score (nSPS) is 13.3. The Morgan fingerprint density at radius 2 is 1.50 bits per heavy atom. The Kier molecular flexibility index (Phi) is 3.52. The van der Waals surface area contributed by atoms with Gasteiger partial charge in [0, 0.05) is 18.0 Å². The molecule has 2 rings (SSSR count). The molecule has 0 radical (unpaired) electrons. The molecule has 94 valence electrons. The Hall–Kier alpha value is -1.62. The Morgan fingerprint density at radius 3 is 2.00 bits per heavy atom.